The number of fused-ring (bicyclic) bond motifs is 1. The Hall–Kier alpha value is -2.11. The van der Waals surface area contributed by atoms with Crippen LogP contribution in [0.3, 0.4) is 0 Å². The lowest BCUT2D eigenvalue weighted by atomic mass is 10.0. The van der Waals surface area contributed by atoms with Gasteiger partial charge < -0.3 is 5.32 Å². The third kappa shape index (κ3) is 3.32. The van der Waals surface area contributed by atoms with Crippen LogP contribution < -0.4 is 5.32 Å². The van der Waals surface area contributed by atoms with Crippen molar-refractivity contribution in [1.29, 1.82) is 0 Å². The van der Waals surface area contributed by atoms with E-state index in [1.54, 1.807) is 24.3 Å². The second kappa shape index (κ2) is 5.02. The maximum absolute atomic E-state index is 12.7. The Labute approximate surface area is 120 Å². The van der Waals surface area contributed by atoms with Crippen LogP contribution in [0.15, 0.2) is 30.5 Å². The van der Waals surface area contributed by atoms with E-state index in [4.69, 9.17) is 0 Å². The highest BCUT2D eigenvalue weighted by atomic mass is 19.4. The van der Waals surface area contributed by atoms with Crippen LogP contribution in [-0.2, 0) is 0 Å². The first kappa shape index (κ1) is 15.3. The summed E-state index contributed by atoms with van der Waals surface area (Å²) in [5.41, 5.74) is -0.264. The van der Waals surface area contributed by atoms with Gasteiger partial charge in [-0.1, -0.05) is 18.2 Å². The Morgan fingerprint density at radius 1 is 1.14 bits per heavy atom. The maximum Gasteiger partial charge on any atom is 0.455 e. The average molecular weight is 296 g/mol. The van der Waals surface area contributed by atoms with E-state index in [9.17, 15) is 18.0 Å². The molecule has 0 fully saturated rings. The minimum Gasteiger partial charge on any atom is -0.379 e. The first-order chi connectivity index (χ1) is 9.59. The Morgan fingerprint density at radius 2 is 1.76 bits per heavy atom. The number of halogens is 3. The van der Waals surface area contributed by atoms with Gasteiger partial charge in [0.1, 0.15) is 0 Å². The minimum atomic E-state index is -4.93. The molecule has 0 aliphatic rings. The number of ketones is 1. The maximum atomic E-state index is 12.7. The molecule has 1 aromatic heterocycles. The van der Waals surface area contributed by atoms with Gasteiger partial charge in [0.2, 0.25) is 0 Å². The molecule has 2 aromatic rings. The highest BCUT2D eigenvalue weighted by Gasteiger charge is 2.41. The smallest absolute Gasteiger partial charge is 0.379 e. The normalized spacial score (nSPS) is 12.5. The third-order valence-electron chi connectivity index (χ3n) is 2.78. The van der Waals surface area contributed by atoms with E-state index >= 15 is 0 Å². The van der Waals surface area contributed by atoms with Crippen LogP contribution in [0.4, 0.5) is 18.9 Å². The van der Waals surface area contributed by atoms with Gasteiger partial charge in [-0.15, -0.1) is 0 Å². The van der Waals surface area contributed by atoms with E-state index in [-0.39, 0.29) is 5.69 Å². The molecule has 0 bridgehead atoms. The number of anilines is 1. The van der Waals surface area contributed by atoms with E-state index in [1.807, 2.05) is 20.8 Å². The molecule has 112 valence electrons. The molecule has 1 heterocycles. The number of benzene rings is 1. The summed E-state index contributed by atoms with van der Waals surface area (Å²) in [6, 6.07) is 6.76. The molecule has 6 heteroatoms. The summed E-state index contributed by atoms with van der Waals surface area (Å²) in [6.45, 7) is 5.43. The van der Waals surface area contributed by atoms with Crippen LogP contribution >= 0.6 is 0 Å². The Kier molecular flexibility index (Phi) is 3.65. The molecule has 1 aromatic carbocycles. The van der Waals surface area contributed by atoms with E-state index in [0.29, 0.717) is 10.9 Å². The molecule has 3 nitrogen and oxygen atoms in total. The summed E-state index contributed by atoms with van der Waals surface area (Å²) in [5.74, 6) is -1.90. The predicted molar refractivity (Wildman–Crippen MR) is 75.5 cm³/mol. The van der Waals surface area contributed by atoms with Crippen molar-refractivity contribution in [3.05, 3.63) is 36.0 Å². The van der Waals surface area contributed by atoms with Gasteiger partial charge in [-0.05, 0) is 26.8 Å². The topological polar surface area (TPSA) is 42.0 Å². The van der Waals surface area contributed by atoms with Crippen molar-refractivity contribution >= 4 is 22.4 Å². The average Bonchev–Trinajstić information content (AvgIpc) is 2.35. The van der Waals surface area contributed by atoms with E-state index < -0.39 is 23.1 Å². The van der Waals surface area contributed by atoms with Gasteiger partial charge in [0.15, 0.2) is 0 Å². The second-order valence-corrected chi connectivity index (χ2v) is 5.77. The minimum absolute atomic E-state index is 0.162. The quantitative estimate of drug-likeness (QED) is 0.845. The molecular weight excluding hydrogens is 281 g/mol. The molecule has 21 heavy (non-hydrogen) atoms. The van der Waals surface area contributed by atoms with Crippen molar-refractivity contribution in [2.24, 2.45) is 0 Å². The van der Waals surface area contributed by atoms with Gasteiger partial charge in [-0.2, -0.15) is 13.2 Å². The number of nitrogens with one attached hydrogen (secondary N) is 1. The molecule has 0 radical (unpaired) electrons. The van der Waals surface area contributed by atoms with Gasteiger partial charge in [-0.25, -0.2) is 0 Å². The van der Waals surface area contributed by atoms with E-state index in [0.717, 1.165) is 6.20 Å². The van der Waals surface area contributed by atoms with Gasteiger partial charge in [0.25, 0.3) is 5.78 Å². The lowest BCUT2D eigenvalue weighted by Gasteiger charge is -2.25. The Bertz CT molecular complexity index is 687. The Morgan fingerprint density at radius 3 is 2.33 bits per heavy atom. The summed E-state index contributed by atoms with van der Waals surface area (Å²) < 4.78 is 38.2. The SMILES string of the molecule is CC(C)(C)Nc1c(C(=O)C(F)(F)F)cnc2ccccc12. The summed E-state index contributed by atoms with van der Waals surface area (Å²) in [4.78, 5) is 15.6. The number of rotatable bonds is 2. The van der Waals surface area contributed by atoms with Crippen molar-refractivity contribution in [3.8, 4) is 0 Å². The summed E-state index contributed by atoms with van der Waals surface area (Å²) in [6.07, 6.45) is -3.95. The van der Waals surface area contributed by atoms with Gasteiger partial charge in [0, 0.05) is 17.1 Å². The van der Waals surface area contributed by atoms with Crippen LogP contribution in [-0.4, -0.2) is 22.5 Å². The van der Waals surface area contributed by atoms with Crippen molar-refractivity contribution in [3.63, 3.8) is 0 Å². The number of pyridine rings is 1. The molecule has 0 saturated heterocycles. The highest BCUT2D eigenvalue weighted by Crippen LogP contribution is 2.32. The van der Waals surface area contributed by atoms with Crippen LogP contribution in [0.1, 0.15) is 31.1 Å². The standard InChI is InChI=1S/C15H15F3N2O/c1-14(2,3)20-12-9-6-4-5-7-11(9)19-8-10(12)13(21)15(16,17)18/h4-8H,1-3H3,(H,19,20). The number of hydrogen-bond acceptors (Lipinski definition) is 3. The summed E-state index contributed by atoms with van der Waals surface area (Å²) in [7, 11) is 0. The fourth-order valence-electron chi connectivity index (χ4n) is 1.98. The summed E-state index contributed by atoms with van der Waals surface area (Å²) >= 11 is 0. The highest BCUT2D eigenvalue weighted by molar-refractivity contribution is 6.10. The molecule has 2 rings (SSSR count). The predicted octanol–water partition coefficient (Wildman–Crippen LogP) is 4.19. The first-order valence-electron chi connectivity index (χ1n) is 6.37. The number of para-hydroxylation sites is 1. The van der Waals surface area contributed by atoms with Crippen molar-refractivity contribution in [2.45, 2.75) is 32.5 Å². The molecule has 0 unspecified atom stereocenters. The third-order valence-corrected chi connectivity index (χ3v) is 2.78. The lowest BCUT2D eigenvalue weighted by Crippen LogP contribution is -2.30. The molecule has 1 N–H and O–H groups in total. The van der Waals surface area contributed by atoms with Crippen molar-refractivity contribution in [2.75, 3.05) is 5.32 Å². The zero-order valence-corrected chi connectivity index (χ0v) is 11.9. The number of carbonyl (C=O) groups excluding carboxylic acids is 1. The van der Waals surface area contributed by atoms with Crippen LogP contribution in [0.5, 0.6) is 0 Å². The van der Waals surface area contributed by atoms with Crippen molar-refractivity contribution in [1.82, 2.24) is 4.98 Å². The largest absolute Gasteiger partial charge is 0.455 e. The molecule has 0 spiro atoms. The second-order valence-electron chi connectivity index (χ2n) is 5.77. The van der Waals surface area contributed by atoms with Crippen LogP contribution in [0.25, 0.3) is 10.9 Å². The molecule has 0 atom stereocenters. The van der Waals surface area contributed by atoms with Crippen LogP contribution in [0, 0.1) is 0 Å². The summed E-state index contributed by atoms with van der Waals surface area (Å²) in [5, 5.41) is 3.47. The van der Waals surface area contributed by atoms with Crippen molar-refractivity contribution < 1.29 is 18.0 Å². The first-order valence-corrected chi connectivity index (χ1v) is 6.37. The molecule has 0 aliphatic heterocycles. The number of nitrogens with zero attached hydrogens (tertiary/aromatic N) is 1. The molecule has 0 aliphatic carbocycles. The zero-order valence-electron chi connectivity index (χ0n) is 11.9. The van der Waals surface area contributed by atoms with E-state index in [1.165, 1.54) is 0 Å². The number of Topliss-reactive ketones (excluding diaryl/α,β-unsaturated/α-hetero) is 1. The molecular formula is C15H15F3N2O. The fraction of sp³-hybridized carbons (Fsp3) is 0.333. The lowest BCUT2D eigenvalue weighted by molar-refractivity contribution is -0.0884. The number of alkyl halides is 3. The van der Waals surface area contributed by atoms with Gasteiger partial charge in [-0.3, -0.25) is 9.78 Å². The Balaban J connectivity index is 2.70. The number of aromatic nitrogens is 1. The van der Waals surface area contributed by atoms with Gasteiger partial charge in [0.05, 0.1) is 16.8 Å². The molecule has 0 amide bonds. The number of carbonyl (C=O) groups is 1. The van der Waals surface area contributed by atoms with Gasteiger partial charge >= 0.3 is 6.18 Å². The fourth-order valence-corrected chi connectivity index (χ4v) is 1.98. The van der Waals surface area contributed by atoms with Crippen LogP contribution in [0.2, 0.25) is 0 Å². The van der Waals surface area contributed by atoms with E-state index in [2.05, 4.69) is 10.3 Å². The molecule has 0 saturated carbocycles. The monoisotopic (exact) mass is 296 g/mol. The zero-order chi connectivity index (χ0) is 15.8. The number of hydrogen-bond donors (Lipinski definition) is 1.